The van der Waals surface area contributed by atoms with Crippen LogP contribution in [-0.2, 0) is 6.54 Å². The van der Waals surface area contributed by atoms with E-state index in [1.54, 1.807) is 0 Å². The van der Waals surface area contributed by atoms with Crippen molar-refractivity contribution in [1.29, 1.82) is 0 Å². The van der Waals surface area contributed by atoms with E-state index in [2.05, 4.69) is 51.8 Å². The Morgan fingerprint density at radius 2 is 2.32 bits per heavy atom. The number of imidazole rings is 1. The maximum absolute atomic E-state index is 4.43. The average Bonchev–Trinajstić information content (AvgIpc) is 3.02. The van der Waals surface area contributed by atoms with Crippen LogP contribution in [0.15, 0.2) is 30.6 Å². The summed E-state index contributed by atoms with van der Waals surface area (Å²) in [4.78, 5) is 4.43. The van der Waals surface area contributed by atoms with Gasteiger partial charge in [0, 0.05) is 17.8 Å². The van der Waals surface area contributed by atoms with Crippen molar-refractivity contribution in [2.45, 2.75) is 37.6 Å². The van der Waals surface area contributed by atoms with Crippen molar-refractivity contribution in [1.82, 2.24) is 14.9 Å². The first-order valence-electron chi connectivity index (χ1n) is 7.09. The Morgan fingerprint density at radius 1 is 1.42 bits per heavy atom. The van der Waals surface area contributed by atoms with Gasteiger partial charge < -0.3 is 9.88 Å². The molecule has 1 aliphatic heterocycles. The van der Waals surface area contributed by atoms with Crippen LogP contribution in [0.5, 0.6) is 0 Å². The highest BCUT2D eigenvalue weighted by molar-refractivity contribution is 8.00. The summed E-state index contributed by atoms with van der Waals surface area (Å²) in [5.41, 5.74) is 2.34. The molecule has 3 nitrogen and oxygen atoms in total. The van der Waals surface area contributed by atoms with E-state index in [1.165, 1.54) is 17.7 Å². The Morgan fingerprint density at radius 3 is 3.16 bits per heavy atom. The second kappa shape index (κ2) is 5.97. The Kier molecular flexibility index (Phi) is 4.09. The van der Waals surface area contributed by atoms with Gasteiger partial charge in [-0.3, -0.25) is 0 Å². The van der Waals surface area contributed by atoms with Gasteiger partial charge in [-0.05, 0) is 37.3 Å². The molecule has 0 aliphatic carbocycles. The van der Waals surface area contributed by atoms with Crippen molar-refractivity contribution in [2.75, 3.05) is 12.3 Å². The third-order valence-electron chi connectivity index (χ3n) is 3.89. The number of aromatic nitrogens is 2. The third-order valence-corrected chi connectivity index (χ3v) is 5.21. The van der Waals surface area contributed by atoms with Crippen LogP contribution in [0, 0.1) is 0 Å². The third kappa shape index (κ3) is 2.95. The van der Waals surface area contributed by atoms with E-state index in [-0.39, 0.29) is 0 Å². The zero-order chi connectivity index (χ0) is 13.1. The number of fused-ring (bicyclic) bond motifs is 1. The quantitative estimate of drug-likeness (QED) is 0.851. The lowest BCUT2D eigenvalue weighted by Gasteiger charge is -2.16. The Bertz CT molecular complexity index is 537. The zero-order valence-electron chi connectivity index (χ0n) is 11.4. The first-order chi connectivity index (χ1) is 9.34. The maximum atomic E-state index is 4.43. The van der Waals surface area contributed by atoms with Crippen LogP contribution in [0.3, 0.4) is 0 Å². The van der Waals surface area contributed by atoms with Gasteiger partial charge in [0.15, 0.2) is 0 Å². The number of hydrogen-bond acceptors (Lipinski definition) is 3. The first-order valence-corrected chi connectivity index (χ1v) is 8.14. The molecule has 0 bridgehead atoms. The molecule has 1 fully saturated rings. The molecule has 4 heteroatoms. The fourth-order valence-electron chi connectivity index (χ4n) is 2.73. The minimum absolute atomic E-state index is 0.713. The number of nitrogens with one attached hydrogen (secondary N) is 1. The van der Waals surface area contributed by atoms with Gasteiger partial charge in [0.05, 0.1) is 17.4 Å². The van der Waals surface area contributed by atoms with Gasteiger partial charge in [-0.1, -0.05) is 19.1 Å². The van der Waals surface area contributed by atoms with E-state index in [9.17, 15) is 0 Å². The summed E-state index contributed by atoms with van der Waals surface area (Å²) in [6, 6.07) is 9.05. The Hall–Kier alpha value is -1.00. The van der Waals surface area contributed by atoms with Crippen molar-refractivity contribution in [3.05, 3.63) is 30.6 Å². The molecule has 19 heavy (non-hydrogen) atoms. The fourth-order valence-corrected chi connectivity index (χ4v) is 3.95. The van der Waals surface area contributed by atoms with E-state index in [0.717, 1.165) is 30.3 Å². The zero-order valence-corrected chi connectivity index (χ0v) is 12.2. The monoisotopic (exact) mass is 275 g/mol. The van der Waals surface area contributed by atoms with Gasteiger partial charge in [0.2, 0.25) is 0 Å². The maximum Gasteiger partial charge on any atom is 0.0958 e. The Balaban J connectivity index is 1.50. The van der Waals surface area contributed by atoms with Crippen molar-refractivity contribution < 1.29 is 0 Å². The Labute approximate surface area is 118 Å². The van der Waals surface area contributed by atoms with E-state index in [4.69, 9.17) is 0 Å². The molecule has 1 saturated heterocycles. The molecule has 3 rings (SSSR count). The summed E-state index contributed by atoms with van der Waals surface area (Å²) < 4.78 is 2.25. The topological polar surface area (TPSA) is 29.9 Å². The molecule has 0 spiro atoms. The second-order valence-corrected chi connectivity index (χ2v) is 6.69. The van der Waals surface area contributed by atoms with Crippen LogP contribution in [-0.4, -0.2) is 33.1 Å². The van der Waals surface area contributed by atoms with Gasteiger partial charge in [-0.15, -0.1) is 0 Å². The summed E-state index contributed by atoms with van der Waals surface area (Å²) in [5.74, 6) is 1.31. The minimum Gasteiger partial charge on any atom is -0.331 e. The van der Waals surface area contributed by atoms with E-state index in [1.807, 2.05) is 12.4 Å². The lowest BCUT2D eigenvalue weighted by Crippen LogP contribution is -2.34. The van der Waals surface area contributed by atoms with Crippen LogP contribution < -0.4 is 5.32 Å². The predicted octanol–water partition coefficient (Wildman–Crippen LogP) is 2.91. The van der Waals surface area contributed by atoms with E-state index < -0.39 is 0 Å². The minimum atomic E-state index is 0.713. The van der Waals surface area contributed by atoms with Crippen molar-refractivity contribution in [3.63, 3.8) is 0 Å². The lowest BCUT2D eigenvalue weighted by atomic mass is 10.1. The molecule has 1 aromatic heterocycles. The summed E-state index contributed by atoms with van der Waals surface area (Å²) >= 11 is 2.09. The molecular weight excluding hydrogens is 254 g/mol. The number of aryl methyl sites for hydroxylation is 1. The number of nitrogens with zero attached hydrogens (tertiary/aromatic N) is 2. The number of rotatable bonds is 5. The number of thioether (sulfide) groups is 1. The van der Waals surface area contributed by atoms with Gasteiger partial charge in [0.25, 0.3) is 0 Å². The van der Waals surface area contributed by atoms with Crippen LogP contribution in [0.4, 0.5) is 0 Å². The highest BCUT2D eigenvalue weighted by Crippen LogP contribution is 2.25. The highest BCUT2D eigenvalue weighted by atomic mass is 32.2. The molecule has 2 atom stereocenters. The number of hydrogen-bond donors (Lipinski definition) is 1. The molecule has 1 N–H and O–H groups in total. The summed E-state index contributed by atoms with van der Waals surface area (Å²) in [6.07, 6.45) is 4.44. The molecular formula is C15H21N3S. The molecule has 1 aliphatic rings. The molecule has 2 unspecified atom stereocenters. The fraction of sp³-hybridized carbons (Fsp3) is 0.533. The molecule has 2 heterocycles. The van der Waals surface area contributed by atoms with Crippen LogP contribution in [0.25, 0.3) is 11.0 Å². The summed E-state index contributed by atoms with van der Waals surface area (Å²) in [6.45, 7) is 4.47. The lowest BCUT2D eigenvalue weighted by molar-refractivity contribution is 0.489. The van der Waals surface area contributed by atoms with Crippen molar-refractivity contribution in [2.24, 2.45) is 0 Å². The summed E-state index contributed by atoms with van der Waals surface area (Å²) in [5, 5.41) is 4.46. The molecule has 0 saturated carbocycles. The van der Waals surface area contributed by atoms with Crippen LogP contribution in [0.1, 0.15) is 19.8 Å². The molecule has 102 valence electrons. The normalized spacial score (nSPS) is 23.2. The molecule has 0 amide bonds. The summed E-state index contributed by atoms with van der Waals surface area (Å²) in [7, 11) is 0. The van der Waals surface area contributed by atoms with Gasteiger partial charge in [0.1, 0.15) is 0 Å². The second-order valence-electron chi connectivity index (χ2n) is 5.21. The van der Waals surface area contributed by atoms with Crippen LogP contribution in [0.2, 0.25) is 0 Å². The smallest absolute Gasteiger partial charge is 0.0958 e. The van der Waals surface area contributed by atoms with Gasteiger partial charge in [-0.2, -0.15) is 11.8 Å². The standard InChI is InChI=1S/C15H21N3S/c1-12-13(7-10-19-12)16-8-4-9-18-11-17-14-5-2-3-6-15(14)18/h2-3,5-6,11-13,16H,4,7-10H2,1H3. The van der Waals surface area contributed by atoms with Crippen molar-refractivity contribution in [3.8, 4) is 0 Å². The largest absolute Gasteiger partial charge is 0.331 e. The van der Waals surface area contributed by atoms with Gasteiger partial charge in [-0.25, -0.2) is 4.98 Å². The number of benzene rings is 1. The van der Waals surface area contributed by atoms with E-state index >= 15 is 0 Å². The van der Waals surface area contributed by atoms with Gasteiger partial charge >= 0.3 is 0 Å². The molecule has 0 radical (unpaired) electrons. The molecule has 2 aromatic rings. The average molecular weight is 275 g/mol. The number of para-hydroxylation sites is 2. The SMILES string of the molecule is CC1SCCC1NCCCn1cnc2ccccc21. The predicted molar refractivity (Wildman–Crippen MR) is 82.7 cm³/mol. The van der Waals surface area contributed by atoms with Crippen LogP contribution >= 0.6 is 11.8 Å². The first kappa shape index (κ1) is 13.0. The van der Waals surface area contributed by atoms with Crippen molar-refractivity contribution >= 4 is 22.8 Å². The van der Waals surface area contributed by atoms with E-state index in [0.29, 0.717) is 6.04 Å². The molecule has 1 aromatic carbocycles. The highest BCUT2D eigenvalue weighted by Gasteiger charge is 2.22.